The Labute approximate surface area is 189 Å². The summed E-state index contributed by atoms with van der Waals surface area (Å²) in [4.78, 5) is 24.3. The fourth-order valence-electron chi connectivity index (χ4n) is 3.38. The molecule has 0 amide bonds. The summed E-state index contributed by atoms with van der Waals surface area (Å²) in [5.41, 5.74) is 6.47. The number of unbranched alkanes of at least 4 members (excludes halogenated alkanes) is 2. The third kappa shape index (κ3) is 4.82. The van der Waals surface area contributed by atoms with Gasteiger partial charge in [0.15, 0.2) is 23.2 Å². The number of phosphoric acid groups is 1. The summed E-state index contributed by atoms with van der Waals surface area (Å²) in [6.07, 6.45) is 1.91. The number of phosphoric ester groups is 1. The van der Waals surface area contributed by atoms with Crippen LogP contribution < -0.4 is 45.5 Å². The van der Waals surface area contributed by atoms with Crippen molar-refractivity contribution in [3.8, 4) is 0 Å². The number of nitrogens with zero attached hydrogens (tertiary/aromatic N) is 4. The number of ether oxygens (including phenoxy) is 1. The Balaban J connectivity index is 0.00000240. The van der Waals surface area contributed by atoms with E-state index in [1.807, 2.05) is 0 Å². The predicted octanol–water partition coefficient (Wildman–Crippen LogP) is -3.49. The SMILES string of the molecule is NCCCCCNc1ncnc2c1ncn2[C@@H]1O[C@@H]2COP(=O)([O-])O[C@H]2[C@H]1O.[Na+]. The number of hydrogen-bond acceptors (Lipinski definition) is 11. The van der Waals surface area contributed by atoms with E-state index in [2.05, 4.69) is 24.8 Å². The van der Waals surface area contributed by atoms with Gasteiger partial charge < -0.3 is 34.8 Å². The van der Waals surface area contributed by atoms with Crippen LogP contribution in [0.25, 0.3) is 11.2 Å². The van der Waals surface area contributed by atoms with Gasteiger partial charge in [0.25, 0.3) is 7.82 Å². The molecular weight excluding hydrogens is 414 g/mol. The summed E-state index contributed by atoms with van der Waals surface area (Å²) in [7, 11) is -4.43. The Kier molecular flexibility index (Phi) is 7.66. The van der Waals surface area contributed by atoms with E-state index in [0.29, 0.717) is 23.5 Å². The zero-order valence-electron chi connectivity index (χ0n) is 16.0. The van der Waals surface area contributed by atoms with Crippen molar-refractivity contribution in [2.45, 2.75) is 43.8 Å². The Hall–Kier alpha value is -0.660. The molecule has 2 aromatic heterocycles. The van der Waals surface area contributed by atoms with Crippen LogP contribution in [0.2, 0.25) is 0 Å². The summed E-state index contributed by atoms with van der Waals surface area (Å²) in [5, 5.41) is 13.8. The summed E-state index contributed by atoms with van der Waals surface area (Å²) in [6, 6.07) is 0. The number of hydrogen-bond donors (Lipinski definition) is 3. The second-order valence-corrected chi connectivity index (χ2v) is 8.05. The van der Waals surface area contributed by atoms with Gasteiger partial charge in [-0.05, 0) is 19.4 Å². The van der Waals surface area contributed by atoms with Gasteiger partial charge in [-0.3, -0.25) is 9.13 Å². The zero-order valence-corrected chi connectivity index (χ0v) is 18.9. The van der Waals surface area contributed by atoms with Gasteiger partial charge in [-0.15, -0.1) is 0 Å². The predicted molar refractivity (Wildman–Crippen MR) is 95.1 cm³/mol. The average molecular weight is 436 g/mol. The standard InChI is InChI=1S/C15H23N6O6P.Na/c16-4-2-1-3-5-17-13-10-14(19-7-18-13)21(8-20-10)15-11(22)12-9(26-15)6-25-28(23,24)27-12;/h7-9,11-12,15,22H,1-6,16H2,(H,23,24)(H,17,18,19);/q;+1/p-1/t9-,11-,12-,15-;/m1./s1. The van der Waals surface area contributed by atoms with Crippen molar-refractivity contribution in [1.29, 1.82) is 0 Å². The third-order valence-corrected chi connectivity index (χ3v) is 5.73. The first-order chi connectivity index (χ1) is 13.5. The molecule has 0 spiro atoms. The van der Waals surface area contributed by atoms with E-state index in [4.69, 9.17) is 15.0 Å². The molecular formula is C15H22N6NaO6P. The number of rotatable bonds is 7. The van der Waals surface area contributed by atoms with Crippen molar-refractivity contribution in [3.63, 3.8) is 0 Å². The van der Waals surface area contributed by atoms with E-state index in [-0.39, 0.29) is 36.2 Å². The number of nitrogens with one attached hydrogen (secondary N) is 1. The first-order valence-corrected chi connectivity index (χ1v) is 10.6. The topological polar surface area (TPSA) is 170 Å². The molecule has 0 radical (unpaired) electrons. The fraction of sp³-hybridized carbons (Fsp3) is 0.667. The van der Waals surface area contributed by atoms with Gasteiger partial charge in [0.05, 0.1) is 12.9 Å². The molecule has 2 fully saturated rings. The number of anilines is 1. The third-order valence-electron chi connectivity index (χ3n) is 4.76. The van der Waals surface area contributed by atoms with Crippen LogP contribution in [-0.4, -0.2) is 62.6 Å². The minimum absolute atomic E-state index is 0. The molecule has 1 unspecified atom stereocenters. The van der Waals surface area contributed by atoms with Crippen LogP contribution in [0.1, 0.15) is 25.5 Å². The van der Waals surface area contributed by atoms with Gasteiger partial charge in [-0.25, -0.2) is 15.0 Å². The molecule has 2 saturated heterocycles. The maximum Gasteiger partial charge on any atom is 1.00 e. The van der Waals surface area contributed by atoms with E-state index < -0.39 is 32.4 Å². The second-order valence-electron chi connectivity index (χ2n) is 6.69. The molecule has 0 bridgehead atoms. The minimum atomic E-state index is -4.43. The molecule has 4 rings (SSSR count). The number of aliphatic hydroxyl groups excluding tert-OH is 1. The quantitative estimate of drug-likeness (QED) is 0.224. The van der Waals surface area contributed by atoms with Gasteiger partial charge in [0.2, 0.25) is 0 Å². The van der Waals surface area contributed by atoms with Gasteiger partial charge in [-0.2, -0.15) is 0 Å². The van der Waals surface area contributed by atoms with Gasteiger partial charge >= 0.3 is 29.6 Å². The van der Waals surface area contributed by atoms with Gasteiger partial charge in [0, 0.05) is 6.54 Å². The van der Waals surface area contributed by atoms with Crippen molar-refractivity contribution in [2.24, 2.45) is 5.73 Å². The maximum atomic E-state index is 11.5. The molecule has 0 aliphatic carbocycles. The van der Waals surface area contributed by atoms with Crippen LogP contribution in [0.4, 0.5) is 5.82 Å². The molecule has 0 saturated carbocycles. The molecule has 5 atom stereocenters. The van der Waals surface area contributed by atoms with Crippen molar-refractivity contribution < 1.29 is 57.9 Å². The molecule has 12 nitrogen and oxygen atoms in total. The summed E-state index contributed by atoms with van der Waals surface area (Å²) < 4.78 is 28.3. The van der Waals surface area contributed by atoms with Crippen molar-refractivity contribution in [3.05, 3.63) is 12.7 Å². The van der Waals surface area contributed by atoms with E-state index >= 15 is 0 Å². The summed E-state index contributed by atoms with van der Waals surface area (Å²) in [5.74, 6) is 0.574. The van der Waals surface area contributed by atoms with Crippen LogP contribution >= 0.6 is 7.82 Å². The Bertz CT molecular complexity index is 886. The minimum Gasteiger partial charge on any atom is -0.756 e. The summed E-state index contributed by atoms with van der Waals surface area (Å²) >= 11 is 0. The van der Waals surface area contributed by atoms with Gasteiger partial charge in [-0.1, -0.05) is 6.42 Å². The fourth-order valence-corrected chi connectivity index (χ4v) is 4.33. The Morgan fingerprint density at radius 1 is 1.34 bits per heavy atom. The summed E-state index contributed by atoms with van der Waals surface area (Å²) in [6.45, 7) is 1.18. The number of imidazole rings is 1. The normalized spacial score (nSPS) is 31.4. The average Bonchev–Trinajstić information content (AvgIpc) is 3.23. The largest absolute Gasteiger partial charge is 1.00 e. The number of aromatic nitrogens is 4. The van der Waals surface area contributed by atoms with Crippen molar-refractivity contribution >= 4 is 24.8 Å². The molecule has 4 N–H and O–H groups in total. The second kappa shape index (κ2) is 9.65. The molecule has 4 heterocycles. The first kappa shape index (κ1) is 23.0. The van der Waals surface area contributed by atoms with Crippen LogP contribution in [0.15, 0.2) is 12.7 Å². The smallest absolute Gasteiger partial charge is 0.756 e. The molecule has 2 aliphatic heterocycles. The Morgan fingerprint density at radius 2 is 2.17 bits per heavy atom. The molecule has 29 heavy (non-hydrogen) atoms. The van der Waals surface area contributed by atoms with Crippen LogP contribution in [0.3, 0.4) is 0 Å². The van der Waals surface area contributed by atoms with Crippen molar-refractivity contribution in [1.82, 2.24) is 19.5 Å². The zero-order chi connectivity index (χ0) is 19.7. The first-order valence-electron chi connectivity index (χ1n) is 9.09. The van der Waals surface area contributed by atoms with E-state index in [1.165, 1.54) is 12.7 Å². The maximum absolute atomic E-state index is 11.5. The molecule has 2 aromatic rings. The van der Waals surface area contributed by atoms with E-state index in [1.54, 1.807) is 4.57 Å². The van der Waals surface area contributed by atoms with Gasteiger partial charge in [0.1, 0.15) is 24.6 Å². The Morgan fingerprint density at radius 3 is 2.97 bits per heavy atom. The van der Waals surface area contributed by atoms with Crippen LogP contribution in [0.5, 0.6) is 0 Å². The van der Waals surface area contributed by atoms with E-state index in [0.717, 1.165) is 25.8 Å². The van der Waals surface area contributed by atoms with Crippen LogP contribution in [-0.2, 0) is 18.3 Å². The molecule has 2 aliphatic rings. The molecule has 154 valence electrons. The van der Waals surface area contributed by atoms with Crippen LogP contribution in [0, 0.1) is 0 Å². The number of fused-ring (bicyclic) bond motifs is 2. The van der Waals surface area contributed by atoms with Crippen molar-refractivity contribution in [2.75, 3.05) is 25.0 Å². The monoisotopic (exact) mass is 436 g/mol. The molecule has 0 aromatic carbocycles. The molecule has 14 heteroatoms. The number of nitrogens with two attached hydrogens (primary N) is 1. The number of aliphatic hydroxyl groups is 1. The van der Waals surface area contributed by atoms with E-state index in [9.17, 15) is 14.6 Å².